The lowest BCUT2D eigenvalue weighted by Crippen LogP contribution is -2.34. The van der Waals surface area contributed by atoms with Crippen molar-refractivity contribution < 1.29 is 4.79 Å². The number of urea groups is 1. The number of hydrogen-bond donors (Lipinski definition) is 1. The molecule has 0 bridgehead atoms. The third-order valence-electron chi connectivity index (χ3n) is 3.88. The predicted octanol–water partition coefficient (Wildman–Crippen LogP) is 2.31. The van der Waals surface area contributed by atoms with Crippen molar-refractivity contribution in [3.8, 4) is 0 Å². The van der Waals surface area contributed by atoms with Crippen molar-refractivity contribution in [1.29, 1.82) is 0 Å². The largest absolute Gasteiger partial charge is 0.347 e. The topological polar surface area (TPSA) is 74.2 Å². The number of anilines is 2. The van der Waals surface area contributed by atoms with Crippen molar-refractivity contribution in [2.75, 3.05) is 30.9 Å². The lowest BCUT2D eigenvalue weighted by atomic mass is 10.1. The number of pyridine rings is 1. The molecule has 7 nitrogen and oxygen atoms in total. The molecule has 2 aromatic rings. The molecule has 0 aromatic carbocycles. The van der Waals surface area contributed by atoms with Gasteiger partial charge < -0.3 is 9.80 Å². The second kappa shape index (κ2) is 6.60. The van der Waals surface area contributed by atoms with Gasteiger partial charge in [0, 0.05) is 39.2 Å². The van der Waals surface area contributed by atoms with Crippen LogP contribution in [0.4, 0.5) is 16.6 Å². The van der Waals surface area contributed by atoms with Crippen LogP contribution >= 0.6 is 0 Å². The highest BCUT2D eigenvalue weighted by atomic mass is 16.2. The van der Waals surface area contributed by atoms with E-state index in [1.54, 1.807) is 29.6 Å². The van der Waals surface area contributed by atoms with Crippen LogP contribution in [0.15, 0.2) is 36.8 Å². The van der Waals surface area contributed by atoms with E-state index < -0.39 is 0 Å². The first kappa shape index (κ1) is 15.2. The molecule has 7 heteroatoms. The Morgan fingerprint density at radius 1 is 1.26 bits per heavy atom. The van der Waals surface area contributed by atoms with Gasteiger partial charge in [-0.25, -0.2) is 9.78 Å². The number of carbonyl (C=O) groups excluding carboxylic acids is 1. The highest BCUT2D eigenvalue weighted by molar-refractivity contribution is 5.88. The lowest BCUT2D eigenvalue weighted by Gasteiger charge is -2.25. The van der Waals surface area contributed by atoms with Crippen LogP contribution < -0.4 is 10.2 Å². The molecule has 23 heavy (non-hydrogen) atoms. The fourth-order valence-electron chi connectivity index (χ4n) is 2.76. The van der Waals surface area contributed by atoms with Crippen molar-refractivity contribution in [1.82, 2.24) is 19.9 Å². The molecule has 1 saturated heterocycles. The van der Waals surface area contributed by atoms with E-state index in [0.29, 0.717) is 11.8 Å². The Bertz CT molecular complexity index is 675. The van der Waals surface area contributed by atoms with Gasteiger partial charge >= 0.3 is 6.03 Å². The van der Waals surface area contributed by atoms with E-state index in [1.807, 2.05) is 31.1 Å². The van der Waals surface area contributed by atoms with Gasteiger partial charge in [-0.05, 0) is 36.6 Å². The van der Waals surface area contributed by atoms with Gasteiger partial charge in [0.1, 0.15) is 5.82 Å². The Morgan fingerprint density at radius 3 is 2.78 bits per heavy atom. The number of carbonyl (C=O) groups is 1. The summed E-state index contributed by atoms with van der Waals surface area (Å²) in [6, 6.07) is 5.58. The molecule has 0 unspecified atom stereocenters. The van der Waals surface area contributed by atoms with E-state index in [2.05, 4.69) is 20.3 Å². The van der Waals surface area contributed by atoms with Gasteiger partial charge in [-0.1, -0.05) is 0 Å². The van der Waals surface area contributed by atoms with Crippen LogP contribution in [0.1, 0.15) is 24.4 Å². The SMILES string of the molecule is CN(C)c1nccc(NC(=O)N2CCC[C@@H]2c2ccncc2)n1. The highest BCUT2D eigenvalue weighted by Gasteiger charge is 2.30. The maximum absolute atomic E-state index is 12.6. The van der Waals surface area contributed by atoms with E-state index in [4.69, 9.17) is 0 Å². The van der Waals surface area contributed by atoms with Gasteiger partial charge in [0.25, 0.3) is 0 Å². The molecule has 1 N–H and O–H groups in total. The van der Waals surface area contributed by atoms with Gasteiger partial charge in [-0.2, -0.15) is 4.98 Å². The number of rotatable bonds is 3. The maximum atomic E-state index is 12.6. The van der Waals surface area contributed by atoms with Crippen LogP contribution in [-0.2, 0) is 0 Å². The summed E-state index contributed by atoms with van der Waals surface area (Å²) < 4.78 is 0. The zero-order valence-corrected chi connectivity index (χ0v) is 13.3. The molecule has 0 aliphatic carbocycles. The van der Waals surface area contributed by atoms with Crippen LogP contribution in [-0.4, -0.2) is 46.5 Å². The molecule has 1 aliphatic heterocycles. The van der Waals surface area contributed by atoms with Gasteiger partial charge in [-0.3, -0.25) is 10.3 Å². The zero-order chi connectivity index (χ0) is 16.2. The molecular formula is C16H20N6O. The molecule has 1 atom stereocenters. The van der Waals surface area contributed by atoms with Crippen LogP contribution in [0.25, 0.3) is 0 Å². The summed E-state index contributed by atoms with van der Waals surface area (Å²) in [5.74, 6) is 1.07. The van der Waals surface area contributed by atoms with Crippen molar-refractivity contribution in [3.63, 3.8) is 0 Å². The monoisotopic (exact) mass is 312 g/mol. The smallest absolute Gasteiger partial charge is 0.323 e. The van der Waals surface area contributed by atoms with Crippen LogP contribution in [0.5, 0.6) is 0 Å². The summed E-state index contributed by atoms with van der Waals surface area (Å²) in [6.45, 7) is 0.741. The minimum absolute atomic E-state index is 0.0909. The van der Waals surface area contributed by atoms with E-state index in [9.17, 15) is 4.79 Å². The average molecular weight is 312 g/mol. The zero-order valence-electron chi connectivity index (χ0n) is 13.3. The summed E-state index contributed by atoms with van der Waals surface area (Å²) in [6.07, 6.45) is 7.12. The Hall–Kier alpha value is -2.70. The fraction of sp³-hybridized carbons (Fsp3) is 0.375. The minimum atomic E-state index is -0.132. The van der Waals surface area contributed by atoms with Crippen LogP contribution in [0, 0.1) is 0 Å². The van der Waals surface area contributed by atoms with Gasteiger partial charge in [0.15, 0.2) is 0 Å². The number of likely N-dealkylation sites (tertiary alicyclic amines) is 1. The molecule has 2 amide bonds. The lowest BCUT2D eigenvalue weighted by molar-refractivity contribution is 0.207. The van der Waals surface area contributed by atoms with E-state index in [-0.39, 0.29) is 12.1 Å². The van der Waals surface area contributed by atoms with E-state index in [1.165, 1.54) is 0 Å². The molecule has 3 heterocycles. The number of nitrogens with zero attached hydrogens (tertiary/aromatic N) is 5. The molecule has 3 rings (SSSR count). The van der Waals surface area contributed by atoms with Gasteiger partial charge in [0.2, 0.25) is 5.95 Å². The number of nitrogens with one attached hydrogen (secondary N) is 1. The Balaban J connectivity index is 1.74. The molecule has 0 spiro atoms. The van der Waals surface area contributed by atoms with Crippen molar-refractivity contribution in [2.45, 2.75) is 18.9 Å². The second-order valence-electron chi connectivity index (χ2n) is 5.70. The van der Waals surface area contributed by atoms with E-state index in [0.717, 1.165) is 24.9 Å². The molecule has 120 valence electrons. The summed E-state index contributed by atoms with van der Waals surface area (Å²) >= 11 is 0. The first-order valence-corrected chi connectivity index (χ1v) is 7.63. The first-order chi connectivity index (χ1) is 11.1. The van der Waals surface area contributed by atoms with Gasteiger partial charge in [0.05, 0.1) is 6.04 Å². The maximum Gasteiger partial charge on any atom is 0.323 e. The Labute approximate surface area is 135 Å². The average Bonchev–Trinajstić information content (AvgIpc) is 3.05. The molecule has 1 fully saturated rings. The summed E-state index contributed by atoms with van der Waals surface area (Å²) in [7, 11) is 3.72. The van der Waals surface area contributed by atoms with Crippen molar-refractivity contribution in [3.05, 3.63) is 42.4 Å². The standard InChI is InChI=1S/C16H20N6O/c1-21(2)15-18-10-7-14(19-15)20-16(23)22-11-3-4-13(22)12-5-8-17-9-6-12/h5-10,13H,3-4,11H2,1-2H3,(H,18,19,20,23)/t13-/m1/s1. The van der Waals surface area contributed by atoms with Crippen LogP contribution in [0.2, 0.25) is 0 Å². The Kier molecular flexibility index (Phi) is 4.36. The summed E-state index contributed by atoms with van der Waals surface area (Å²) in [5, 5.41) is 2.87. The highest BCUT2D eigenvalue weighted by Crippen LogP contribution is 2.31. The molecule has 0 radical (unpaired) electrons. The first-order valence-electron chi connectivity index (χ1n) is 7.63. The summed E-state index contributed by atoms with van der Waals surface area (Å²) in [4.78, 5) is 28.8. The quantitative estimate of drug-likeness (QED) is 0.941. The minimum Gasteiger partial charge on any atom is -0.347 e. The number of hydrogen-bond acceptors (Lipinski definition) is 5. The fourth-order valence-corrected chi connectivity index (χ4v) is 2.76. The van der Waals surface area contributed by atoms with Crippen molar-refractivity contribution >= 4 is 17.8 Å². The van der Waals surface area contributed by atoms with E-state index >= 15 is 0 Å². The predicted molar refractivity (Wildman–Crippen MR) is 88.3 cm³/mol. The molecule has 2 aromatic heterocycles. The normalized spacial score (nSPS) is 17.1. The Morgan fingerprint density at radius 2 is 2.04 bits per heavy atom. The number of aromatic nitrogens is 3. The second-order valence-corrected chi connectivity index (χ2v) is 5.70. The third kappa shape index (κ3) is 3.39. The molecular weight excluding hydrogens is 292 g/mol. The van der Waals surface area contributed by atoms with Crippen LogP contribution in [0.3, 0.4) is 0 Å². The third-order valence-corrected chi connectivity index (χ3v) is 3.88. The molecule has 1 aliphatic rings. The molecule has 0 saturated carbocycles. The summed E-state index contributed by atoms with van der Waals surface area (Å²) in [5.41, 5.74) is 1.12. The van der Waals surface area contributed by atoms with Gasteiger partial charge in [-0.15, -0.1) is 0 Å². The van der Waals surface area contributed by atoms with Crippen molar-refractivity contribution in [2.24, 2.45) is 0 Å². The number of amides is 2.